The van der Waals surface area contributed by atoms with Crippen molar-refractivity contribution in [1.29, 1.82) is 0 Å². The topological polar surface area (TPSA) is 63.2 Å². The van der Waals surface area contributed by atoms with Gasteiger partial charge >= 0.3 is 12.2 Å². The highest BCUT2D eigenvalue weighted by molar-refractivity contribution is 5.37. The number of aromatic nitrogens is 3. The van der Waals surface area contributed by atoms with E-state index in [-0.39, 0.29) is 18.5 Å². The molecule has 0 amide bonds. The fourth-order valence-corrected chi connectivity index (χ4v) is 1.42. The predicted octanol–water partition coefficient (Wildman–Crippen LogP) is 2.48. The largest absolute Gasteiger partial charge is 0.464 e. The molecular weight excluding hydrogens is 287 g/mol. The lowest BCUT2D eigenvalue weighted by molar-refractivity contribution is -0.132. The number of nitrogens with zero attached hydrogens (tertiary/aromatic N) is 4. The van der Waals surface area contributed by atoms with Crippen molar-refractivity contribution < 1.29 is 17.9 Å². The van der Waals surface area contributed by atoms with Crippen LogP contribution in [0.5, 0.6) is 6.01 Å². The van der Waals surface area contributed by atoms with Gasteiger partial charge in [-0.2, -0.15) is 28.1 Å². The molecule has 0 bridgehead atoms. The maximum atomic E-state index is 12.3. The summed E-state index contributed by atoms with van der Waals surface area (Å²) < 4.78 is 42.0. The Morgan fingerprint density at radius 1 is 1.19 bits per heavy atom. The number of nitrogens with one attached hydrogen (secondary N) is 1. The fraction of sp³-hybridized carbons (Fsp3) is 0.750. The van der Waals surface area contributed by atoms with E-state index < -0.39 is 12.6 Å². The molecule has 0 aliphatic carbocycles. The van der Waals surface area contributed by atoms with Crippen molar-refractivity contribution in [1.82, 2.24) is 15.0 Å². The highest BCUT2D eigenvalue weighted by Gasteiger charge is 2.27. The molecule has 0 unspecified atom stereocenters. The van der Waals surface area contributed by atoms with Crippen LogP contribution in [0.25, 0.3) is 0 Å². The molecule has 9 heteroatoms. The van der Waals surface area contributed by atoms with Crippen molar-refractivity contribution in [3.8, 4) is 6.01 Å². The number of halogens is 3. The molecule has 1 heterocycles. The first-order chi connectivity index (χ1) is 9.85. The van der Waals surface area contributed by atoms with E-state index in [0.29, 0.717) is 19.1 Å². The van der Waals surface area contributed by atoms with Gasteiger partial charge in [0.25, 0.3) is 0 Å². The molecule has 0 saturated carbocycles. The van der Waals surface area contributed by atoms with Gasteiger partial charge in [-0.05, 0) is 13.3 Å². The molecule has 0 saturated heterocycles. The second-order valence-electron chi connectivity index (χ2n) is 4.39. The zero-order valence-electron chi connectivity index (χ0n) is 12.4. The van der Waals surface area contributed by atoms with E-state index in [1.165, 1.54) is 11.9 Å². The fourth-order valence-electron chi connectivity index (χ4n) is 1.42. The van der Waals surface area contributed by atoms with Gasteiger partial charge in [0.15, 0.2) is 0 Å². The summed E-state index contributed by atoms with van der Waals surface area (Å²) in [6, 6.07) is 0.0972. The molecule has 1 N–H and O–H groups in total. The van der Waals surface area contributed by atoms with Gasteiger partial charge in [0.2, 0.25) is 11.9 Å². The minimum absolute atomic E-state index is 0.0972. The van der Waals surface area contributed by atoms with E-state index in [2.05, 4.69) is 20.3 Å². The van der Waals surface area contributed by atoms with Crippen molar-refractivity contribution >= 4 is 11.9 Å². The Bertz CT molecular complexity index is 441. The predicted molar refractivity (Wildman–Crippen MR) is 73.7 cm³/mol. The number of rotatable bonds is 8. The van der Waals surface area contributed by atoms with Gasteiger partial charge in [0.05, 0.1) is 13.0 Å². The van der Waals surface area contributed by atoms with Crippen LogP contribution in [0.15, 0.2) is 0 Å². The summed E-state index contributed by atoms with van der Waals surface area (Å²) in [5, 5.41) is 2.97. The molecule has 120 valence electrons. The number of anilines is 2. The maximum Gasteiger partial charge on any atom is 0.390 e. The van der Waals surface area contributed by atoms with Crippen LogP contribution in [-0.4, -0.2) is 47.9 Å². The molecular formula is C12H20F3N5O. The van der Waals surface area contributed by atoms with E-state index in [9.17, 15) is 13.2 Å². The van der Waals surface area contributed by atoms with Gasteiger partial charge in [-0.25, -0.2) is 0 Å². The van der Waals surface area contributed by atoms with Gasteiger partial charge < -0.3 is 15.0 Å². The average molecular weight is 307 g/mol. The van der Waals surface area contributed by atoms with Gasteiger partial charge in [0.1, 0.15) is 0 Å². The summed E-state index contributed by atoms with van der Waals surface area (Å²) in [6.45, 7) is 4.54. The van der Waals surface area contributed by atoms with Crippen LogP contribution in [0.3, 0.4) is 0 Å². The summed E-state index contributed by atoms with van der Waals surface area (Å²) in [5.41, 5.74) is 0. The lowest BCUT2D eigenvalue weighted by Crippen LogP contribution is -2.26. The Morgan fingerprint density at radius 3 is 2.48 bits per heavy atom. The second-order valence-corrected chi connectivity index (χ2v) is 4.39. The Hall–Kier alpha value is -1.80. The van der Waals surface area contributed by atoms with Crippen molar-refractivity contribution in [2.24, 2.45) is 0 Å². The Kier molecular flexibility index (Phi) is 6.44. The van der Waals surface area contributed by atoms with Gasteiger partial charge in [-0.1, -0.05) is 6.92 Å². The third kappa shape index (κ3) is 6.46. The Balaban J connectivity index is 2.84. The average Bonchev–Trinajstić information content (AvgIpc) is 2.42. The van der Waals surface area contributed by atoms with Crippen molar-refractivity contribution in [2.45, 2.75) is 32.9 Å². The smallest absolute Gasteiger partial charge is 0.390 e. The second kappa shape index (κ2) is 7.84. The summed E-state index contributed by atoms with van der Waals surface area (Å²) in [5.74, 6) is 0.445. The van der Waals surface area contributed by atoms with Crippen molar-refractivity contribution in [3.05, 3.63) is 0 Å². The van der Waals surface area contributed by atoms with Crippen LogP contribution >= 0.6 is 0 Å². The number of alkyl halides is 3. The molecule has 1 aromatic heterocycles. The maximum absolute atomic E-state index is 12.3. The van der Waals surface area contributed by atoms with Crippen LogP contribution in [0.2, 0.25) is 0 Å². The normalized spacial score (nSPS) is 11.3. The Labute approximate surface area is 121 Å². The summed E-state index contributed by atoms with van der Waals surface area (Å²) >= 11 is 0. The van der Waals surface area contributed by atoms with E-state index in [4.69, 9.17) is 4.74 Å². The first-order valence-corrected chi connectivity index (χ1v) is 6.76. The van der Waals surface area contributed by atoms with Crippen molar-refractivity contribution in [3.63, 3.8) is 0 Å². The highest BCUT2D eigenvalue weighted by Crippen LogP contribution is 2.21. The van der Waals surface area contributed by atoms with Crippen LogP contribution in [0.4, 0.5) is 25.1 Å². The number of hydrogen-bond donors (Lipinski definition) is 1. The van der Waals surface area contributed by atoms with Crippen LogP contribution in [-0.2, 0) is 0 Å². The molecule has 1 aromatic rings. The van der Waals surface area contributed by atoms with E-state index in [0.717, 1.165) is 6.42 Å². The lowest BCUT2D eigenvalue weighted by Gasteiger charge is -2.19. The summed E-state index contributed by atoms with van der Waals surface area (Å²) in [6.07, 6.45) is -4.28. The summed E-state index contributed by atoms with van der Waals surface area (Å²) in [7, 11) is 1.50. The Morgan fingerprint density at radius 2 is 1.90 bits per heavy atom. The minimum atomic E-state index is -4.21. The standard InChI is InChI=1S/C12H20F3N5O/c1-4-7-16-9-17-10(19-11(18-9)21-5-2)20(3)8-6-12(13,14)15/h4-8H2,1-3H3,(H,16,17,18,19). The highest BCUT2D eigenvalue weighted by atomic mass is 19.4. The minimum Gasteiger partial charge on any atom is -0.464 e. The lowest BCUT2D eigenvalue weighted by atomic mass is 10.4. The molecule has 0 aromatic carbocycles. The molecule has 0 spiro atoms. The quantitative estimate of drug-likeness (QED) is 0.796. The SMILES string of the molecule is CCCNc1nc(OCC)nc(N(C)CCC(F)(F)F)n1. The van der Waals surface area contributed by atoms with Gasteiger partial charge in [-0.3, -0.25) is 0 Å². The molecule has 0 aliphatic heterocycles. The zero-order chi connectivity index (χ0) is 15.9. The first kappa shape index (κ1) is 17.3. The monoisotopic (exact) mass is 307 g/mol. The van der Waals surface area contributed by atoms with Crippen molar-refractivity contribution in [2.75, 3.05) is 37.0 Å². The molecule has 21 heavy (non-hydrogen) atoms. The molecule has 6 nitrogen and oxygen atoms in total. The van der Waals surface area contributed by atoms with E-state index in [1.807, 2.05) is 6.92 Å². The van der Waals surface area contributed by atoms with Crippen LogP contribution < -0.4 is 15.0 Å². The molecule has 0 radical (unpaired) electrons. The summed E-state index contributed by atoms with van der Waals surface area (Å²) in [4.78, 5) is 13.5. The molecule has 0 aliphatic rings. The number of hydrogen-bond acceptors (Lipinski definition) is 6. The van der Waals surface area contributed by atoms with Gasteiger partial charge in [-0.15, -0.1) is 0 Å². The third-order valence-corrected chi connectivity index (χ3v) is 2.48. The molecule has 0 fully saturated rings. The van der Waals surface area contributed by atoms with Gasteiger partial charge in [0, 0.05) is 20.1 Å². The van der Waals surface area contributed by atoms with Crippen LogP contribution in [0, 0.1) is 0 Å². The third-order valence-electron chi connectivity index (χ3n) is 2.48. The molecule has 1 rings (SSSR count). The van der Waals surface area contributed by atoms with E-state index in [1.54, 1.807) is 6.92 Å². The first-order valence-electron chi connectivity index (χ1n) is 6.76. The van der Waals surface area contributed by atoms with Crippen LogP contribution in [0.1, 0.15) is 26.7 Å². The number of ether oxygens (including phenoxy) is 1. The van der Waals surface area contributed by atoms with E-state index >= 15 is 0 Å². The zero-order valence-corrected chi connectivity index (χ0v) is 12.4. The molecule has 0 atom stereocenters.